The molecule has 1 aliphatic rings. The average Bonchev–Trinajstić information content (AvgIpc) is 2.80. The van der Waals surface area contributed by atoms with Crippen LogP contribution >= 0.6 is 0 Å². The molecule has 0 spiro atoms. The van der Waals surface area contributed by atoms with Crippen LogP contribution in [0.15, 0.2) is 66.7 Å². The van der Waals surface area contributed by atoms with E-state index in [0.717, 1.165) is 22.0 Å². The van der Waals surface area contributed by atoms with E-state index in [4.69, 9.17) is 0 Å². The van der Waals surface area contributed by atoms with Crippen LogP contribution in [0, 0.1) is 0 Å². The van der Waals surface area contributed by atoms with Gasteiger partial charge in [-0.1, -0.05) is 48.5 Å². The molecule has 31 heavy (non-hydrogen) atoms. The molecule has 4 rings (SSSR count). The van der Waals surface area contributed by atoms with Crippen molar-refractivity contribution in [3.05, 3.63) is 77.9 Å². The van der Waals surface area contributed by atoms with Gasteiger partial charge in [0.05, 0.1) is 5.75 Å². The van der Waals surface area contributed by atoms with Gasteiger partial charge < -0.3 is 5.32 Å². The molecule has 0 aliphatic carbocycles. The summed E-state index contributed by atoms with van der Waals surface area (Å²) in [5, 5.41) is 5.13. The van der Waals surface area contributed by atoms with Crippen molar-refractivity contribution in [2.45, 2.75) is 13.5 Å². The summed E-state index contributed by atoms with van der Waals surface area (Å²) in [6, 6.07) is 21.5. The van der Waals surface area contributed by atoms with Crippen LogP contribution in [0.5, 0.6) is 0 Å². The number of piperazine rings is 1. The summed E-state index contributed by atoms with van der Waals surface area (Å²) in [6.07, 6.45) is 0. The van der Waals surface area contributed by atoms with Crippen LogP contribution in [-0.4, -0.2) is 55.5 Å². The fraction of sp³-hybridized carbons (Fsp3) is 0.292. The maximum Gasteiger partial charge on any atom is 0.255 e. The van der Waals surface area contributed by atoms with Gasteiger partial charge in [0.15, 0.2) is 0 Å². The number of nitrogens with one attached hydrogen (secondary N) is 1. The molecule has 0 aromatic heterocycles. The predicted octanol–water partition coefficient (Wildman–Crippen LogP) is 3.56. The molecule has 1 heterocycles. The van der Waals surface area contributed by atoms with E-state index >= 15 is 0 Å². The van der Waals surface area contributed by atoms with Gasteiger partial charge in [-0.25, -0.2) is 8.42 Å². The van der Waals surface area contributed by atoms with E-state index < -0.39 is 10.0 Å². The third-order valence-electron chi connectivity index (χ3n) is 5.72. The molecule has 0 unspecified atom stereocenters. The highest BCUT2D eigenvalue weighted by Gasteiger charge is 2.25. The number of benzene rings is 3. The zero-order chi connectivity index (χ0) is 21.8. The fourth-order valence-electron chi connectivity index (χ4n) is 3.95. The van der Waals surface area contributed by atoms with Crippen molar-refractivity contribution in [2.24, 2.45) is 0 Å². The van der Waals surface area contributed by atoms with Crippen molar-refractivity contribution in [3.63, 3.8) is 0 Å². The minimum atomic E-state index is -3.13. The van der Waals surface area contributed by atoms with Crippen molar-refractivity contribution in [3.8, 4) is 0 Å². The van der Waals surface area contributed by atoms with E-state index in [1.54, 1.807) is 11.2 Å². The Morgan fingerprint density at radius 2 is 1.65 bits per heavy atom. The number of hydrogen-bond acceptors (Lipinski definition) is 4. The predicted molar refractivity (Wildman–Crippen MR) is 125 cm³/mol. The summed E-state index contributed by atoms with van der Waals surface area (Å²) in [4.78, 5) is 15.1. The molecule has 0 saturated carbocycles. The quantitative estimate of drug-likeness (QED) is 0.640. The number of carbonyl (C=O) groups excluding carboxylic acids is 1. The fourth-order valence-corrected chi connectivity index (χ4v) is 5.03. The largest absolute Gasteiger partial charge is 0.321 e. The molecule has 6 nitrogen and oxygen atoms in total. The van der Waals surface area contributed by atoms with Gasteiger partial charge in [0.1, 0.15) is 0 Å². The first kappa shape index (κ1) is 21.5. The molecule has 3 aromatic rings. The summed E-state index contributed by atoms with van der Waals surface area (Å²) in [7, 11) is -3.13. The Kier molecular flexibility index (Phi) is 6.36. The highest BCUT2D eigenvalue weighted by molar-refractivity contribution is 7.89. The maximum absolute atomic E-state index is 12.9. The van der Waals surface area contributed by atoms with Crippen LogP contribution in [0.25, 0.3) is 10.8 Å². The Balaban J connectivity index is 1.42. The third-order valence-corrected chi connectivity index (χ3v) is 7.60. The second-order valence-electron chi connectivity index (χ2n) is 7.76. The molecule has 0 atom stereocenters. The molecular weight excluding hydrogens is 410 g/mol. The number of amides is 1. The van der Waals surface area contributed by atoms with Gasteiger partial charge in [-0.2, -0.15) is 4.31 Å². The molecule has 3 aromatic carbocycles. The highest BCUT2D eigenvalue weighted by atomic mass is 32.2. The molecular formula is C24H27N3O3S. The van der Waals surface area contributed by atoms with Gasteiger partial charge in [0.2, 0.25) is 10.0 Å². The first-order chi connectivity index (χ1) is 15.0. The van der Waals surface area contributed by atoms with E-state index in [1.807, 2.05) is 66.7 Å². The van der Waals surface area contributed by atoms with Crippen LogP contribution in [0.3, 0.4) is 0 Å². The van der Waals surface area contributed by atoms with Crippen LogP contribution in [-0.2, 0) is 16.6 Å². The van der Waals surface area contributed by atoms with Gasteiger partial charge in [0, 0.05) is 49.4 Å². The SMILES string of the molecule is CCS(=O)(=O)N1CCN(Cc2cccc(C(=O)Nc3cccc4ccccc34)c2)CC1. The van der Waals surface area contributed by atoms with Gasteiger partial charge in [-0.15, -0.1) is 0 Å². The van der Waals surface area contributed by atoms with E-state index in [-0.39, 0.29) is 11.7 Å². The summed E-state index contributed by atoms with van der Waals surface area (Å²) < 4.78 is 25.6. The first-order valence-corrected chi connectivity index (χ1v) is 12.2. The monoisotopic (exact) mass is 437 g/mol. The van der Waals surface area contributed by atoms with Crippen molar-refractivity contribution in [2.75, 3.05) is 37.2 Å². The number of sulfonamides is 1. The third kappa shape index (κ3) is 4.95. The Bertz CT molecular complexity index is 1180. The van der Waals surface area contributed by atoms with Gasteiger partial charge in [-0.05, 0) is 36.1 Å². The molecule has 0 radical (unpaired) electrons. The Morgan fingerprint density at radius 3 is 2.42 bits per heavy atom. The minimum Gasteiger partial charge on any atom is -0.321 e. The summed E-state index contributed by atoms with van der Waals surface area (Å²) in [6.45, 7) is 4.76. The lowest BCUT2D eigenvalue weighted by molar-refractivity contribution is 0.102. The molecule has 1 fully saturated rings. The van der Waals surface area contributed by atoms with E-state index in [1.165, 1.54) is 0 Å². The number of hydrogen-bond donors (Lipinski definition) is 1. The van der Waals surface area contributed by atoms with Crippen LogP contribution in [0.4, 0.5) is 5.69 Å². The second kappa shape index (κ2) is 9.18. The van der Waals surface area contributed by atoms with Gasteiger partial charge in [-0.3, -0.25) is 9.69 Å². The molecule has 1 aliphatic heterocycles. The molecule has 1 N–H and O–H groups in total. The van der Waals surface area contributed by atoms with E-state index in [0.29, 0.717) is 38.3 Å². The number of fused-ring (bicyclic) bond motifs is 1. The maximum atomic E-state index is 12.9. The Labute approximate surface area is 183 Å². The van der Waals surface area contributed by atoms with Crippen molar-refractivity contribution in [1.82, 2.24) is 9.21 Å². The Morgan fingerprint density at radius 1 is 0.935 bits per heavy atom. The van der Waals surface area contributed by atoms with E-state index in [2.05, 4.69) is 10.2 Å². The highest BCUT2D eigenvalue weighted by Crippen LogP contribution is 2.23. The number of rotatable bonds is 6. The molecule has 1 amide bonds. The lowest BCUT2D eigenvalue weighted by atomic mass is 10.1. The zero-order valence-electron chi connectivity index (χ0n) is 17.6. The topological polar surface area (TPSA) is 69.7 Å². The minimum absolute atomic E-state index is 0.140. The molecule has 1 saturated heterocycles. The number of nitrogens with zero attached hydrogens (tertiary/aromatic N) is 2. The normalized spacial score (nSPS) is 15.8. The van der Waals surface area contributed by atoms with Crippen LogP contribution in [0.2, 0.25) is 0 Å². The van der Waals surface area contributed by atoms with Crippen LogP contribution in [0.1, 0.15) is 22.8 Å². The summed E-state index contributed by atoms with van der Waals surface area (Å²) in [5.74, 6) is -0.00187. The summed E-state index contributed by atoms with van der Waals surface area (Å²) >= 11 is 0. The Hall–Kier alpha value is -2.74. The molecule has 7 heteroatoms. The lowest BCUT2D eigenvalue weighted by Gasteiger charge is -2.33. The van der Waals surface area contributed by atoms with E-state index in [9.17, 15) is 13.2 Å². The zero-order valence-corrected chi connectivity index (χ0v) is 18.4. The van der Waals surface area contributed by atoms with Gasteiger partial charge in [0.25, 0.3) is 5.91 Å². The van der Waals surface area contributed by atoms with Gasteiger partial charge >= 0.3 is 0 Å². The van der Waals surface area contributed by atoms with Crippen molar-refractivity contribution in [1.29, 1.82) is 0 Å². The number of carbonyl (C=O) groups is 1. The van der Waals surface area contributed by atoms with Crippen molar-refractivity contribution >= 4 is 32.4 Å². The summed E-state index contributed by atoms with van der Waals surface area (Å²) in [5.41, 5.74) is 2.44. The molecule has 162 valence electrons. The van der Waals surface area contributed by atoms with Crippen LogP contribution < -0.4 is 5.32 Å². The average molecular weight is 438 g/mol. The first-order valence-electron chi connectivity index (χ1n) is 10.5. The van der Waals surface area contributed by atoms with Crippen molar-refractivity contribution < 1.29 is 13.2 Å². The smallest absolute Gasteiger partial charge is 0.255 e. The lowest BCUT2D eigenvalue weighted by Crippen LogP contribution is -2.48. The number of anilines is 1. The second-order valence-corrected chi connectivity index (χ2v) is 10.0. The standard InChI is InChI=1S/C24H27N3O3S/c1-2-31(29,30)27-15-13-26(14-16-27)18-19-7-5-10-21(17-19)24(28)25-23-12-6-9-20-8-3-4-11-22(20)23/h3-12,17H,2,13-16,18H2,1H3,(H,25,28). The molecule has 0 bridgehead atoms.